The van der Waals surface area contributed by atoms with Crippen LogP contribution in [0.2, 0.25) is 0 Å². The van der Waals surface area contributed by atoms with E-state index in [0.29, 0.717) is 12.3 Å². The highest BCUT2D eigenvalue weighted by Gasteiger charge is 2.15. The Morgan fingerprint density at radius 3 is 2.87 bits per heavy atom. The molecule has 0 saturated heterocycles. The summed E-state index contributed by atoms with van der Waals surface area (Å²) in [6, 6.07) is 3.66. The molecule has 1 heterocycles. The second kappa shape index (κ2) is 5.53. The topological polar surface area (TPSA) is 77.5 Å². The van der Waals surface area contributed by atoms with Crippen LogP contribution in [0.3, 0.4) is 0 Å². The highest BCUT2D eigenvalue weighted by molar-refractivity contribution is 5.80. The lowest BCUT2D eigenvalue weighted by molar-refractivity contribution is -0.130. The molecule has 0 bridgehead atoms. The highest BCUT2D eigenvalue weighted by atomic mass is 16.5. The van der Waals surface area contributed by atoms with Crippen LogP contribution in [-0.2, 0) is 16.1 Å². The zero-order chi connectivity index (χ0) is 11.3. The number of furan rings is 1. The number of ether oxygens (including phenoxy) is 1. The van der Waals surface area contributed by atoms with Crippen LogP contribution in [0, 0.1) is 6.92 Å². The number of nitrogens with two attached hydrogens (primary N) is 1. The number of hydrogen-bond acceptors (Lipinski definition) is 4. The summed E-state index contributed by atoms with van der Waals surface area (Å²) in [4.78, 5) is 11.4. The van der Waals surface area contributed by atoms with E-state index in [9.17, 15) is 4.79 Å². The predicted molar refractivity (Wildman–Crippen MR) is 55.1 cm³/mol. The third-order valence-electron chi connectivity index (χ3n) is 2.02. The van der Waals surface area contributed by atoms with E-state index in [0.717, 1.165) is 5.76 Å². The van der Waals surface area contributed by atoms with Gasteiger partial charge in [-0.2, -0.15) is 0 Å². The first kappa shape index (κ1) is 11.7. The van der Waals surface area contributed by atoms with Gasteiger partial charge < -0.3 is 20.2 Å². The molecule has 0 aliphatic heterocycles. The maximum atomic E-state index is 11.4. The Kier molecular flexibility index (Phi) is 4.33. The largest absolute Gasteiger partial charge is 0.465 e. The summed E-state index contributed by atoms with van der Waals surface area (Å²) in [5, 5.41) is 2.68. The summed E-state index contributed by atoms with van der Waals surface area (Å²) in [5.41, 5.74) is 5.35. The molecule has 1 amide bonds. The first-order valence-corrected chi connectivity index (χ1v) is 4.73. The molecule has 84 valence electrons. The Balaban J connectivity index is 2.40. The third-order valence-corrected chi connectivity index (χ3v) is 2.02. The van der Waals surface area contributed by atoms with Crippen LogP contribution >= 0.6 is 0 Å². The van der Waals surface area contributed by atoms with Crippen molar-refractivity contribution in [3.63, 3.8) is 0 Å². The van der Waals surface area contributed by atoms with Gasteiger partial charge >= 0.3 is 0 Å². The molecule has 5 heteroatoms. The van der Waals surface area contributed by atoms with Crippen LogP contribution in [0.4, 0.5) is 0 Å². The molecule has 1 aromatic heterocycles. The lowest BCUT2D eigenvalue weighted by Gasteiger charge is -2.11. The van der Waals surface area contributed by atoms with Crippen LogP contribution in [0.5, 0.6) is 0 Å². The number of carbonyl (C=O) groups is 1. The zero-order valence-electron chi connectivity index (χ0n) is 8.95. The van der Waals surface area contributed by atoms with E-state index in [2.05, 4.69) is 5.32 Å². The van der Waals surface area contributed by atoms with Crippen LogP contribution in [-0.4, -0.2) is 25.7 Å². The molecule has 0 spiro atoms. The number of rotatable bonds is 5. The van der Waals surface area contributed by atoms with Crippen molar-refractivity contribution in [3.05, 3.63) is 23.7 Å². The molecule has 5 nitrogen and oxygen atoms in total. The molecular formula is C10H16N2O3. The van der Waals surface area contributed by atoms with Crippen molar-refractivity contribution in [2.75, 3.05) is 13.7 Å². The monoisotopic (exact) mass is 212 g/mol. The number of methoxy groups -OCH3 is 1. The first-order valence-electron chi connectivity index (χ1n) is 4.73. The summed E-state index contributed by atoms with van der Waals surface area (Å²) in [6.45, 7) is 2.37. The van der Waals surface area contributed by atoms with Crippen molar-refractivity contribution < 1.29 is 13.9 Å². The maximum absolute atomic E-state index is 11.4. The smallest absolute Gasteiger partial charge is 0.250 e. The van der Waals surface area contributed by atoms with E-state index in [4.69, 9.17) is 14.9 Å². The van der Waals surface area contributed by atoms with Gasteiger partial charge in [0.25, 0.3) is 5.91 Å². The maximum Gasteiger partial charge on any atom is 0.250 e. The van der Waals surface area contributed by atoms with Crippen LogP contribution in [0.25, 0.3) is 0 Å². The van der Waals surface area contributed by atoms with Gasteiger partial charge in [0, 0.05) is 13.7 Å². The third kappa shape index (κ3) is 3.38. The minimum absolute atomic E-state index is 0.166. The normalized spacial score (nSPS) is 12.5. The molecule has 15 heavy (non-hydrogen) atoms. The van der Waals surface area contributed by atoms with E-state index < -0.39 is 6.10 Å². The van der Waals surface area contributed by atoms with Gasteiger partial charge in [0.2, 0.25) is 0 Å². The molecule has 1 aromatic rings. The van der Waals surface area contributed by atoms with Crippen molar-refractivity contribution >= 4 is 5.91 Å². The summed E-state index contributed by atoms with van der Waals surface area (Å²) >= 11 is 0. The summed E-state index contributed by atoms with van der Waals surface area (Å²) in [5.74, 6) is 1.31. The SMILES string of the molecule is COC(CN)C(=O)NCc1ccc(C)o1. The number of aryl methyl sites for hydroxylation is 1. The molecule has 0 aliphatic carbocycles. The molecular weight excluding hydrogens is 196 g/mol. The minimum Gasteiger partial charge on any atom is -0.465 e. The van der Waals surface area contributed by atoms with Crippen molar-refractivity contribution in [2.45, 2.75) is 19.6 Å². The molecule has 1 unspecified atom stereocenters. The molecule has 0 aliphatic rings. The number of nitrogens with one attached hydrogen (secondary N) is 1. The van der Waals surface area contributed by atoms with E-state index in [1.807, 2.05) is 19.1 Å². The second-order valence-electron chi connectivity index (χ2n) is 3.19. The van der Waals surface area contributed by atoms with E-state index in [1.54, 1.807) is 0 Å². The fourth-order valence-corrected chi connectivity index (χ4v) is 1.18. The predicted octanol–water partition coefficient (Wildman–Crippen LogP) is 0.178. The van der Waals surface area contributed by atoms with E-state index in [-0.39, 0.29) is 12.5 Å². The number of amides is 1. The van der Waals surface area contributed by atoms with Gasteiger partial charge in [-0.15, -0.1) is 0 Å². The zero-order valence-corrected chi connectivity index (χ0v) is 8.95. The van der Waals surface area contributed by atoms with Crippen molar-refractivity contribution in [3.8, 4) is 0 Å². The van der Waals surface area contributed by atoms with Crippen LogP contribution < -0.4 is 11.1 Å². The first-order chi connectivity index (χ1) is 7.17. The highest BCUT2D eigenvalue weighted by Crippen LogP contribution is 2.05. The summed E-state index contributed by atoms with van der Waals surface area (Å²) in [7, 11) is 1.45. The molecule has 0 radical (unpaired) electrons. The molecule has 1 rings (SSSR count). The average molecular weight is 212 g/mol. The summed E-state index contributed by atoms with van der Waals surface area (Å²) in [6.07, 6.45) is -0.596. The molecule has 1 atom stereocenters. The van der Waals surface area contributed by atoms with Crippen LogP contribution in [0.15, 0.2) is 16.5 Å². The fraction of sp³-hybridized carbons (Fsp3) is 0.500. The summed E-state index contributed by atoms with van der Waals surface area (Å²) < 4.78 is 10.2. The van der Waals surface area contributed by atoms with E-state index in [1.165, 1.54) is 7.11 Å². The Morgan fingerprint density at radius 1 is 1.67 bits per heavy atom. The number of hydrogen-bond donors (Lipinski definition) is 2. The van der Waals surface area contributed by atoms with Gasteiger partial charge in [-0.1, -0.05) is 0 Å². The van der Waals surface area contributed by atoms with Gasteiger partial charge in [0.15, 0.2) is 0 Å². The Morgan fingerprint density at radius 2 is 2.40 bits per heavy atom. The van der Waals surface area contributed by atoms with E-state index >= 15 is 0 Å². The van der Waals surface area contributed by atoms with Gasteiger partial charge in [-0.25, -0.2) is 0 Å². The second-order valence-corrected chi connectivity index (χ2v) is 3.19. The lowest BCUT2D eigenvalue weighted by atomic mass is 10.3. The molecule has 0 saturated carbocycles. The van der Waals surface area contributed by atoms with Gasteiger partial charge in [-0.3, -0.25) is 4.79 Å². The number of carbonyl (C=O) groups excluding carboxylic acids is 1. The van der Waals surface area contributed by atoms with Gasteiger partial charge in [0.1, 0.15) is 17.6 Å². The van der Waals surface area contributed by atoms with Gasteiger partial charge in [0.05, 0.1) is 6.54 Å². The average Bonchev–Trinajstić information content (AvgIpc) is 2.63. The lowest BCUT2D eigenvalue weighted by Crippen LogP contribution is -2.40. The Bertz CT molecular complexity index is 318. The molecule has 0 aromatic carbocycles. The molecule has 0 fully saturated rings. The van der Waals surface area contributed by atoms with Gasteiger partial charge in [-0.05, 0) is 19.1 Å². The Labute approximate surface area is 88.6 Å². The van der Waals surface area contributed by atoms with Crippen molar-refractivity contribution in [1.82, 2.24) is 5.32 Å². The fourth-order valence-electron chi connectivity index (χ4n) is 1.18. The van der Waals surface area contributed by atoms with Crippen molar-refractivity contribution in [1.29, 1.82) is 0 Å². The quantitative estimate of drug-likeness (QED) is 0.729. The standard InChI is InChI=1S/C10H16N2O3/c1-7-3-4-8(15-7)6-12-10(13)9(5-11)14-2/h3-4,9H,5-6,11H2,1-2H3,(H,12,13). The Hall–Kier alpha value is -1.33. The minimum atomic E-state index is -0.596. The van der Waals surface area contributed by atoms with Crippen molar-refractivity contribution in [2.24, 2.45) is 5.73 Å². The molecule has 3 N–H and O–H groups in total. The van der Waals surface area contributed by atoms with Crippen LogP contribution in [0.1, 0.15) is 11.5 Å².